The Bertz CT molecular complexity index is 775. The van der Waals surface area contributed by atoms with Gasteiger partial charge in [0.2, 0.25) is 5.75 Å². The van der Waals surface area contributed by atoms with E-state index in [1.165, 1.54) is 11.1 Å². The number of rotatable bonds is 4. The maximum atomic E-state index is 13.2. The van der Waals surface area contributed by atoms with Crippen molar-refractivity contribution in [3.05, 3.63) is 47.0 Å². The second-order valence-corrected chi connectivity index (χ2v) is 6.11. The third kappa shape index (κ3) is 3.14. The minimum Gasteiger partial charge on any atom is -0.493 e. The molecular weight excluding hydrogens is 318 g/mol. The van der Waals surface area contributed by atoms with Crippen molar-refractivity contribution in [2.45, 2.75) is 19.8 Å². The summed E-state index contributed by atoms with van der Waals surface area (Å²) in [6.45, 7) is 2.77. The fraction of sp³-hybridized carbons (Fsp3) is 0.350. The maximum Gasteiger partial charge on any atom is 0.258 e. The van der Waals surface area contributed by atoms with Crippen molar-refractivity contribution in [3.8, 4) is 17.2 Å². The molecule has 2 aromatic carbocycles. The van der Waals surface area contributed by atoms with Gasteiger partial charge < -0.3 is 19.1 Å². The fourth-order valence-corrected chi connectivity index (χ4v) is 3.30. The van der Waals surface area contributed by atoms with E-state index in [-0.39, 0.29) is 5.91 Å². The van der Waals surface area contributed by atoms with Crippen molar-refractivity contribution >= 4 is 11.6 Å². The number of nitrogens with zero attached hydrogens (tertiary/aromatic N) is 1. The molecule has 25 heavy (non-hydrogen) atoms. The monoisotopic (exact) mass is 341 g/mol. The number of anilines is 1. The second-order valence-electron chi connectivity index (χ2n) is 6.11. The third-order valence-corrected chi connectivity index (χ3v) is 4.51. The van der Waals surface area contributed by atoms with Crippen LogP contribution in [0.4, 0.5) is 5.69 Å². The molecule has 0 saturated carbocycles. The van der Waals surface area contributed by atoms with Gasteiger partial charge in [0.05, 0.1) is 21.3 Å². The van der Waals surface area contributed by atoms with Crippen LogP contribution in [-0.2, 0) is 6.42 Å². The lowest BCUT2D eigenvalue weighted by molar-refractivity contribution is 0.0984. The number of carbonyl (C=O) groups excluding carboxylic acids is 1. The molecule has 0 bridgehead atoms. The van der Waals surface area contributed by atoms with Crippen LogP contribution in [0.15, 0.2) is 30.3 Å². The van der Waals surface area contributed by atoms with Crippen molar-refractivity contribution in [1.29, 1.82) is 0 Å². The molecule has 0 saturated heterocycles. The van der Waals surface area contributed by atoms with Crippen molar-refractivity contribution in [1.82, 2.24) is 0 Å². The number of carbonyl (C=O) groups is 1. The lowest BCUT2D eigenvalue weighted by atomic mass is 9.98. The molecule has 5 heteroatoms. The normalized spacial score (nSPS) is 13.2. The van der Waals surface area contributed by atoms with Crippen molar-refractivity contribution in [2.75, 3.05) is 32.8 Å². The van der Waals surface area contributed by atoms with Crippen LogP contribution in [0.1, 0.15) is 27.9 Å². The number of amides is 1. The minimum absolute atomic E-state index is 0.0657. The summed E-state index contributed by atoms with van der Waals surface area (Å²) in [7, 11) is 4.64. The van der Waals surface area contributed by atoms with Gasteiger partial charge in [-0.25, -0.2) is 0 Å². The van der Waals surface area contributed by atoms with E-state index in [2.05, 4.69) is 13.0 Å². The van der Waals surface area contributed by atoms with Crippen LogP contribution in [0, 0.1) is 6.92 Å². The summed E-state index contributed by atoms with van der Waals surface area (Å²) in [6.07, 6.45) is 1.95. The molecule has 1 amide bonds. The van der Waals surface area contributed by atoms with Crippen LogP contribution in [-0.4, -0.2) is 33.8 Å². The Morgan fingerprint density at radius 3 is 2.28 bits per heavy atom. The molecule has 0 fully saturated rings. The second kappa shape index (κ2) is 7.05. The Hall–Kier alpha value is -2.69. The largest absolute Gasteiger partial charge is 0.493 e. The molecule has 0 radical (unpaired) electrons. The van der Waals surface area contributed by atoms with E-state index in [0.717, 1.165) is 18.5 Å². The highest BCUT2D eigenvalue weighted by atomic mass is 16.5. The van der Waals surface area contributed by atoms with E-state index in [1.54, 1.807) is 33.5 Å². The van der Waals surface area contributed by atoms with E-state index in [4.69, 9.17) is 14.2 Å². The van der Waals surface area contributed by atoms with Crippen LogP contribution in [0.25, 0.3) is 0 Å². The zero-order valence-corrected chi connectivity index (χ0v) is 15.1. The Labute approximate surface area is 148 Å². The summed E-state index contributed by atoms with van der Waals surface area (Å²) < 4.78 is 16.1. The number of aryl methyl sites for hydroxylation is 2. The van der Waals surface area contributed by atoms with Gasteiger partial charge in [-0.05, 0) is 43.5 Å². The molecule has 132 valence electrons. The standard InChI is InChI=1S/C20H23NO4/c1-13-7-8-16-14(10-13)6-5-9-21(16)20(22)15-11-17(23-2)19(25-4)18(12-15)24-3/h7-8,10-12H,5-6,9H2,1-4H3. The van der Waals surface area contributed by atoms with Crippen LogP contribution in [0.5, 0.6) is 17.2 Å². The Morgan fingerprint density at radius 2 is 1.68 bits per heavy atom. The van der Waals surface area contributed by atoms with Gasteiger partial charge in [0.15, 0.2) is 11.5 Å². The Morgan fingerprint density at radius 1 is 1.00 bits per heavy atom. The first-order chi connectivity index (χ1) is 12.1. The minimum atomic E-state index is -0.0657. The van der Waals surface area contributed by atoms with Crippen LogP contribution in [0.2, 0.25) is 0 Å². The lowest BCUT2D eigenvalue weighted by Gasteiger charge is -2.30. The molecule has 0 aliphatic carbocycles. The van der Waals surface area contributed by atoms with E-state index in [9.17, 15) is 4.79 Å². The first-order valence-electron chi connectivity index (χ1n) is 8.30. The Balaban J connectivity index is 2.02. The zero-order valence-electron chi connectivity index (χ0n) is 15.1. The molecule has 1 aliphatic heterocycles. The third-order valence-electron chi connectivity index (χ3n) is 4.51. The summed E-state index contributed by atoms with van der Waals surface area (Å²) in [6, 6.07) is 9.63. The van der Waals surface area contributed by atoms with Gasteiger partial charge in [0.25, 0.3) is 5.91 Å². The molecule has 5 nitrogen and oxygen atoms in total. The average molecular weight is 341 g/mol. The summed E-state index contributed by atoms with van der Waals surface area (Å²) in [4.78, 5) is 15.0. The van der Waals surface area contributed by atoms with E-state index < -0.39 is 0 Å². The predicted octanol–water partition coefficient (Wildman–Crippen LogP) is 3.61. The maximum absolute atomic E-state index is 13.2. The molecule has 1 aliphatic rings. The quantitative estimate of drug-likeness (QED) is 0.852. The van der Waals surface area contributed by atoms with Crippen molar-refractivity contribution in [2.24, 2.45) is 0 Å². The molecule has 0 N–H and O–H groups in total. The topological polar surface area (TPSA) is 48.0 Å². The molecule has 1 heterocycles. The van der Waals surface area contributed by atoms with Gasteiger partial charge >= 0.3 is 0 Å². The zero-order chi connectivity index (χ0) is 18.0. The fourth-order valence-electron chi connectivity index (χ4n) is 3.30. The van der Waals surface area contributed by atoms with Gasteiger partial charge in [-0.3, -0.25) is 4.79 Å². The molecule has 0 atom stereocenters. The van der Waals surface area contributed by atoms with Gasteiger partial charge in [-0.1, -0.05) is 17.7 Å². The Kier molecular flexibility index (Phi) is 4.83. The number of hydrogen-bond donors (Lipinski definition) is 0. The van der Waals surface area contributed by atoms with E-state index in [0.29, 0.717) is 29.4 Å². The molecule has 0 aromatic heterocycles. The predicted molar refractivity (Wildman–Crippen MR) is 97.3 cm³/mol. The lowest BCUT2D eigenvalue weighted by Crippen LogP contribution is -2.35. The molecule has 3 rings (SSSR count). The van der Waals surface area contributed by atoms with Crippen LogP contribution < -0.4 is 19.1 Å². The van der Waals surface area contributed by atoms with Crippen LogP contribution >= 0.6 is 0 Å². The first kappa shape index (κ1) is 17.1. The number of fused-ring (bicyclic) bond motifs is 1. The molecule has 0 spiro atoms. The highest BCUT2D eigenvalue weighted by Gasteiger charge is 2.26. The van der Waals surface area contributed by atoms with Crippen LogP contribution in [0.3, 0.4) is 0 Å². The number of methoxy groups -OCH3 is 3. The summed E-state index contributed by atoms with van der Waals surface area (Å²) in [5.41, 5.74) is 3.92. The summed E-state index contributed by atoms with van der Waals surface area (Å²) >= 11 is 0. The molecule has 0 unspecified atom stereocenters. The summed E-state index contributed by atoms with van der Waals surface area (Å²) in [5, 5.41) is 0. The average Bonchev–Trinajstić information content (AvgIpc) is 2.65. The van der Waals surface area contributed by atoms with E-state index >= 15 is 0 Å². The SMILES string of the molecule is COc1cc(C(=O)N2CCCc3cc(C)ccc32)cc(OC)c1OC. The number of benzene rings is 2. The molecular formula is C20H23NO4. The van der Waals surface area contributed by atoms with Gasteiger partial charge in [-0.15, -0.1) is 0 Å². The molecule has 2 aromatic rings. The first-order valence-corrected chi connectivity index (χ1v) is 8.30. The smallest absolute Gasteiger partial charge is 0.258 e. The highest BCUT2D eigenvalue weighted by molar-refractivity contribution is 6.07. The van der Waals surface area contributed by atoms with E-state index in [1.807, 2.05) is 17.0 Å². The van der Waals surface area contributed by atoms with Crippen molar-refractivity contribution in [3.63, 3.8) is 0 Å². The van der Waals surface area contributed by atoms with Gasteiger partial charge in [-0.2, -0.15) is 0 Å². The van der Waals surface area contributed by atoms with Crippen molar-refractivity contribution < 1.29 is 19.0 Å². The summed E-state index contributed by atoms with van der Waals surface area (Å²) in [5.74, 6) is 1.37. The highest BCUT2D eigenvalue weighted by Crippen LogP contribution is 2.39. The van der Waals surface area contributed by atoms with Gasteiger partial charge in [0, 0.05) is 17.8 Å². The number of hydrogen-bond acceptors (Lipinski definition) is 4. The van der Waals surface area contributed by atoms with Gasteiger partial charge in [0.1, 0.15) is 0 Å². The number of ether oxygens (including phenoxy) is 3.